The van der Waals surface area contributed by atoms with Gasteiger partial charge in [0.1, 0.15) is 0 Å². The van der Waals surface area contributed by atoms with Crippen LogP contribution >= 0.6 is 11.8 Å². The van der Waals surface area contributed by atoms with Crippen LogP contribution in [0, 0.1) is 12.3 Å². The number of nitrogens with zero attached hydrogens (tertiary/aromatic N) is 4. The summed E-state index contributed by atoms with van der Waals surface area (Å²) in [5, 5.41) is 6.78. The summed E-state index contributed by atoms with van der Waals surface area (Å²) in [6.45, 7) is 4.55. The fourth-order valence-corrected chi connectivity index (χ4v) is 4.24. The number of nitrogens with one attached hydrogen (secondary N) is 2. The molecule has 1 fully saturated rings. The number of carbonyl (C=O) groups is 1. The van der Waals surface area contributed by atoms with Crippen LogP contribution in [0.15, 0.2) is 66.1 Å². The van der Waals surface area contributed by atoms with Gasteiger partial charge < -0.3 is 10.2 Å². The van der Waals surface area contributed by atoms with Crippen LogP contribution in [0.1, 0.15) is 0 Å². The first-order valence-electron chi connectivity index (χ1n) is 10.2. The minimum absolute atomic E-state index is 0.0664. The Morgan fingerprint density at radius 3 is 2.58 bits per heavy atom. The molecule has 1 aliphatic heterocycles. The Hall–Kier alpha value is -3.28. The van der Waals surface area contributed by atoms with Crippen molar-refractivity contribution < 1.29 is 9.48 Å². The van der Waals surface area contributed by atoms with E-state index < -0.39 is 0 Å². The number of terminal acetylenes is 1. The quantitative estimate of drug-likeness (QED) is 0.340. The molecule has 1 aromatic heterocycles. The van der Waals surface area contributed by atoms with Crippen LogP contribution in [0.3, 0.4) is 0 Å². The van der Waals surface area contributed by atoms with Gasteiger partial charge in [-0.3, -0.25) is 9.69 Å². The molecule has 0 radical (unpaired) electrons. The molecule has 1 saturated heterocycles. The monoisotopic (exact) mass is 433 g/mol. The lowest BCUT2D eigenvalue weighted by molar-refractivity contribution is -0.694. The summed E-state index contributed by atoms with van der Waals surface area (Å²) in [6, 6.07) is 17.9. The Bertz CT molecular complexity index is 1040. The van der Waals surface area contributed by atoms with Gasteiger partial charge in [0.25, 0.3) is 0 Å². The van der Waals surface area contributed by atoms with E-state index in [1.165, 1.54) is 11.8 Å². The van der Waals surface area contributed by atoms with Gasteiger partial charge in [0.2, 0.25) is 12.2 Å². The van der Waals surface area contributed by atoms with Gasteiger partial charge in [0.15, 0.2) is 5.69 Å². The first kappa shape index (κ1) is 21.0. The second-order valence-corrected chi connectivity index (χ2v) is 8.13. The molecule has 2 N–H and O–H groups in total. The number of rotatable bonds is 7. The number of amides is 1. The molecule has 0 saturated carbocycles. The van der Waals surface area contributed by atoms with Gasteiger partial charge in [0, 0.05) is 37.6 Å². The second kappa shape index (κ2) is 10.2. The van der Waals surface area contributed by atoms with E-state index in [-0.39, 0.29) is 11.7 Å². The van der Waals surface area contributed by atoms with E-state index in [0.29, 0.717) is 6.54 Å². The van der Waals surface area contributed by atoms with Crippen LogP contribution in [0.2, 0.25) is 0 Å². The molecule has 3 aromatic rings. The maximum atomic E-state index is 12.4. The van der Waals surface area contributed by atoms with Gasteiger partial charge in [-0.05, 0) is 53.1 Å². The zero-order valence-corrected chi connectivity index (χ0v) is 18.0. The zero-order chi connectivity index (χ0) is 21.5. The van der Waals surface area contributed by atoms with E-state index >= 15 is 0 Å². The van der Waals surface area contributed by atoms with Crippen molar-refractivity contribution >= 4 is 29.0 Å². The minimum atomic E-state index is -0.0664. The van der Waals surface area contributed by atoms with Gasteiger partial charge >= 0.3 is 5.16 Å². The van der Waals surface area contributed by atoms with Crippen LogP contribution < -0.4 is 14.9 Å². The summed E-state index contributed by atoms with van der Waals surface area (Å²) in [6.07, 6.45) is 7.02. The van der Waals surface area contributed by atoms with Crippen molar-refractivity contribution in [2.45, 2.75) is 5.16 Å². The third kappa shape index (κ3) is 5.45. The Morgan fingerprint density at radius 2 is 1.87 bits per heavy atom. The number of hydrogen-bond acceptors (Lipinski definition) is 5. The standard InChI is InChI=1S/C23H24N6OS/c1-2-12-27-13-15-28(16-14-27)20-10-8-19(9-11-20)26-22(30)17-31-23-24-18-25-29(23)21-6-4-3-5-7-21/h1,3-11,18H,12-17H2,(H,26,30)/p+1. The molecular weight excluding hydrogens is 408 g/mol. The Morgan fingerprint density at radius 1 is 1.13 bits per heavy atom. The highest BCUT2D eigenvalue weighted by Crippen LogP contribution is 2.20. The lowest BCUT2D eigenvalue weighted by Crippen LogP contribution is -2.46. The average molecular weight is 434 g/mol. The number of benzene rings is 2. The van der Waals surface area contributed by atoms with Crippen LogP contribution in [0.25, 0.3) is 5.69 Å². The fourth-order valence-electron chi connectivity index (χ4n) is 3.49. The Kier molecular flexibility index (Phi) is 6.87. The van der Waals surface area contributed by atoms with Gasteiger partial charge in [-0.15, -0.1) is 11.1 Å². The van der Waals surface area contributed by atoms with Gasteiger partial charge in [0.05, 0.1) is 12.3 Å². The molecule has 0 atom stereocenters. The van der Waals surface area contributed by atoms with Crippen molar-refractivity contribution in [3.05, 3.63) is 60.9 Å². The number of H-pyrrole nitrogens is 1. The fraction of sp³-hybridized carbons (Fsp3) is 0.261. The van der Waals surface area contributed by atoms with Crippen molar-refractivity contribution in [2.24, 2.45) is 0 Å². The van der Waals surface area contributed by atoms with Crippen LogP contribution in [0.5, 0.6) is 0 Å². The SMILES string of the molecule is C#CCN1CCN(c2ccc(NC(=O)CSc3nc[nH][n+]3-c3ccccc3)cc2)CC1. The number of piperazine rings is 1. The molecule has 1 amide bonds. The third-order valence-electron chi connectivity index (χ3n) is 5.10. The summed E-state index contributed by atoms with van der Waals surface area (Å²) in [5.74, 6) is 2.91. The molecule has 8 heteroatoms. The van der Waals surface area contributed by atoms with Crippen LogP contribution in [0.4, 0.5) is 11.4 Å². The Balaban J connectivity index is 1.28. The molecule has 158 valence electrons. The molecule has 0 bridgehead atoms. The summed E-state index contributed by atoms with van der Waals surface area (Å²) >= 11 is 1.39. The van der Waals surface area contributed by atoms with Gasteiger partial charge in [-0.1, -0.05) is 24.1 Å². The number of hydrogen-bond donors (Lipinski definition) is 2. The minimum Gasteiger partial charge on any atom is -0.369 e. The maximum Gasteiger partial charge on any atom is 0.385 e. The highest BCUT2D eigenvalue weighted by atomic mass is 32.2. The molecule has 1 aliphatic rings. The maximum absolute atomic E-state index is 12.4. The largest absolute Gasteiger partial charge is 0.385 e. The van der Waals surface area contributed by atoms with E-state index in [4.69, 9.17) is 6.42 Å². The van der Waals surface area contributed by atoms with E-state index in [0.717, 1.165) is 48.4 Å². The van der Waals surface area contributed by atoms with E-state index in [1.807, 2.05) is 47.1 Å². The highest BCUT2D eigenvalue weighted by molar-refractivity contribution is 7.99. The average Bonchev–Trinajstić information content (AvgIpc) is 3.28. The lowest BCUT2D eigenvalue weighted by atomic mass is 10.2. The van der Waals surface area contributed by atoms with E-state index in [2.05, 4.69) is 43.3 Å². The number of thioether (sulfide) groups is 1. The topological polar surface area (TPSA) is 68.1 Å². The predicted molar refractivity (Wildman–Crippen MR) is 123 cm³/mol. The highest BCUT2D eigenvalue weighted by Gasteiger charge is 2.19. The van der Waals surface area contributed by atoms with E-state index in [1.54, 1.807) is 6.33 Å². The second-order valence-electron chi connectivity index (χ2n) is 7.19. The van der Waals surface area contributed by atoms with Crippen molar-refractivity contribution in [1.29, 1.82) is 0 Å². The molecule has 2 heterocycles. The van der Waals surface area contributed by atoms with Gasteiger partial charge in [-0.2, -0.15) is 5.10 Å². The number of para-hydroxylation sites is 1. The molecule has 31 heavy (non-hydrogen) atoms. The zero-order valence-electron chi connectivity index (χ0n) is 17.2. The first-order valence-corrected chi connectivity index (χ1v) is 11.2. The summed E-state index contributed by atoms with van der Waals surface area (Å²) in [7, 11) is 0. The summed E-state index contributed by atoms with van der Waals surface area (Å²) in [4.78, 5) is 21.4. The molecule has 0 spiro atoms. The van der Waals surface area contributed by atoms with Gasteiger partial charge in [-0.25, -0.2) is 0 Å². The number of carbonyl (C=O) groups excluding carboxylic acids is 1. The molecule has 0 aliphatic carbocycles. The summed E-state index contributed by atoms with van der Waals surface area (Å²) < 4.78 is 1.86. The molecule has 2 aromatic carbocycles. The van der Waals surface area contributed by atoms with Crippen molar-refractivity contribution in [3.8, 4) is 18.0 Å². The number of aromatic amines is 1. The molecule has 7 nitrogen and oxygen atoms in total. The smallest absolute Gasteiger partial charge is 0.369 e. The first-order chi connectivity index (χ1) is 15.2. The third-order valence-corrected chi connectivity index (χ3v) is 6.06. The van der Waals surface area contributed by atoms with Crippen molar-refractivity contribution in [3.63, 3.8) is 0 Å². The Labute approximate surface area is 186 Å². The summed E-state index contributed by atoms with van der Waals surface area (Å²) in [5.41, 5.74) is 2.92. The van der Waals surface area contributed by atoms with Crippen molar-refractivity contribution in [2.75, 3.05) is 48.7 Å². The van der Waals surface area contributed by atoms with Crippen LogP contribution in [-0.2, 0) is 4.79 Å². The normalized spacial score (nSPS) is 14.2. The predicted octanol–water partition coefficient (Wildman–Crippen LogP) is 2.17. The number of anilines is 2. The van der Waals surface area contributed by atoms with Crippen LogP contribution in [-0.4, -0.2) is 59.4 Å². The molecular formula is C23H25N6OS+. The molecule has 4 rings (SSSR count). The number of aromatic nitrogens is 3. The van der Waals surface area contributed by atoms with E-state index in [9.17, 15) is 4.79 Å². The van der Waals surface area contributed by atoms with Crippen molar-refractivity contribution in [1.82, 2.24) is 15.0 Å². The lowest BCUT2D eigenvalue weighted by Gasteiger charge is -2.35. The molecule has 0 unspecified atom stereocenters.